The average molecular weight is 360 g/mol. The van der Waals surface area contributed by atoms with Gasteiger partial charge in [-0.15, -0.1) is 0 Å². The van der Waals surface area contributed by atoms with E-state index in [0.29, 0.717) is 11.5 Å². The molecule has 0 atom stereocenters. The zero-order chi connectivity index (χ0) is 19.0. The van der Waals surface area contributed by atoms with Gasteiger partial charge in [0.1, 0.15) is 6.54 Å². The van der Waals surface area contributed by atoms with Crippen LogP contribution < -0.4 is 5.32 Å². The molecule has 0 fully saturated rings. The van der Waals surface area contributed by atoms with Crippen molar-refractivity contribution in [1.29, 1.82) is 0 Å². The van der Waals surface area contributed by atoms with Gasteiger partial charge in [-0.2, -0.15) is 10.2 Å². The highest BCUT2D eigenvalue weighted by atomic mass is 16.2. The summed E-state index contributed by atoms with van der Waals surface area (Å²) >= 11 is 0. The number of aromatic nitrogens is 5. The molecule has 0 aliphatic rings. The smallest absolute Gasteiger partial charge is 0.247 e. The molecule has 0 saturated carbocycles. The van der Waals surface area contributed by atoms with Gasteiger partial charge in [0.15, 0.2) is 11.5 Å². The van der Waals surface area contributed by atoms with Gasteiger partial charge in [-0.05, 0) is 31.0 Å². The van der Waals surface area contributed by atoms with Gasteiger partial charge in [0.25, 0.3) is 0 Å². The van der Waals surface area contributed by atoms with E-state index in [9.17, 15) is 4.79 Å². The van der Waals surface area contributed by atoms with E-state index in [4.69, 9.17) is 0 Å². The fraction of sp³-hybridized carbons (Fsp3) is 0.200. The highest BCUT2D eigenvalue weighted by Gasteiger charge is 2.16. The van der Waals surface area contributed by atoms with Crippen LogP contribution in [0.3, 0.4) is 0 Å². The number of aryl methyl sites for hydroxylation is 3. The molecule has 0 radical (unpaired) electrons. The molecule has 1 amide bonds. The summed E-state index contributed by atoms with van der Waals surface area (Å²) in [6.45, 7) is 4.08. The monoisotopic (exact) mass is 360 g/mol. The molecule has 3 heterocycles. The lowest BCUT2D eigenvalue weighted by Crippen LogP contribution is -2.20. The topological polar surface area (TPSA) is 77.6 Å². The minimum absolute atomic E-state index is 0.0747. The number of hydrogen-bond donors (Lipinski definition) is 1. The fourth-order valence-electron chi connectivity index (χ4n) is 3.17. The van der Waals surface area contributed by atoms with Gasteiger partial charge in [0, 0.05) is 30.9 Å². The molecule has 0 bridgehead atoms. The molecule has 0 unspecified atom stereocenters. The van der Waals surface area contributed by atoms with Gasteiger partial charge >= 0.3 is 0 Å². The molecule has 4 rings (SSSR count). The average Bonchev–Trinajstić information content (AvgIpc) is 3.19. The Morgan fingerprint density at radius 3 is 2.56 bits per heavy atom. The SMILES string of the molecule is Cc1ccc(-c2ccnc3c2c(C)nn3CC(=O)Nc2ccn(C)n2)cc1. The van der Waals surface area contributed by atoms with E-state index in [1.54, 1.807) is 34.9 Å². The number of amides is 1. The van der Waals surface area contributed by atoms with Crippen LogP contribution in [-0.4, -0.2) is 30.5 Å². The van der Waals surface area contributed by atoms with E-state index in [2.05, 4.69) is 51.7 Å². The second-order valence-electron chi connectivity index (χ2n) is 6.59. The standard InChI is InChI=1S/C20H20N6O/c1-13-4-6-15(7-5-13)16-8-10-21-20-19(16)14(2)23-26(20)12-18(27)22-17-9-11-25(3)24-17/h4-11H,12H2,1-3H3,(H,22,24,27). The maximum atomic E-state index is 12.4. The zero-order valence-corrected chi connectivity index (χ0v) is 15.5. The highest BCUT2D eigenvalue weighted by molar-refractivity contribution is 5.96. The van der Waals surface area contributed by atoms with E-state index in [0.717, 1.165) is 22.2 Å². The van der Waals surface area contributed by atoms with E-state index in [-0.39, 0.29) is 12.5 Å². The summed E-state index contributed by atoms with van der Waals surface area (Å²) in [7, 11) is 1.80. The number of carbonyl (C=O) groups excluding carboxylic acids is 1. The molecular formula is C20H20N6O. The lowest BCUT2D eigenvalue weighted by atomic mass is 10.0. The highest BCUT2D eigenvalue weighted by Crippen LogP contribution is 2.29. The Morgan fingerprint density at radius 2 is 1.85 bits per heavy atom. The normalized spacial score (nSPS) is 11.1. The van der Waals surface area contributed by atoms with Crippen molar-refractivity contribution >= 4 is 22.8 Å². The molecule has 7 heteroatoms. The van der Waals surface area contributed by atoms with Gasteiger partial charge in [-0.25, -0.2) is 9.67 Å². The zero-order valence-electron chi connectivity index (χ0n) is 15.5. The van der Waals surface area contributed by atoms with Gasteiger partial charge < -0.3 is 5.32 Å². The van der Waals surface area contributed by atoms with E-state index in [1.807, 2.05) is 13.0 Å². The van der Waals surface area contributed by atoms with Crippen LogP contribution in [0, 0.1) is 13.8 Å². The molecule has 0 aliphatic heterocycles. The first-order valence-electron chi connectivity index (χ1n) is 8.70. The maximum absolute atomic E-state index is 12.4. The van der Waals surface area contributed by atoms with Crippen LogP contribution in [0.15, 0.2) is 48.8 Å². The summed E-state index contributed by atoms with van der Waals surface area (Å²) in [5, 5.41) is 12.5. The lowest BCUT2D eigenvalue weighted by Gasteiger charge is -2.06. The number of benzene rings is 1. The minimum Gasteiger partial charge on any atom is -0.308 e. The Morgan fingerprint density at radius 1 is 1.07 bits per heavy atom. The molecule has 0 saturated heterocycles. The van der Waals surface area contributed by atoms with Crippen LogP contribution >= 0.6 is 0 Å². The molecule has 27 heavy (non-hydrogen) atoms. The third-order valence-electron chi connectivity index (χ3n) is 4.45. The van der Waals surface area contributed by atoms with Crippen LogP contribution in [0.1, 0.15) is 11.3 Å². The number of rotatable bonds is 4. The van der Waals surface area contributed by atoms with Crippen molar-refractivity contribution < 1.29 is 4.79 Å². The van der Waals surface area contributed by atoms with Crippen molar-refractivity contribution in [3.05, 3.63) is 60.0 Å². The van der Waals surface area contributed by atoms with E-state index in [1.165, 1.54) is 5.56 Å². The van der Waals surface area contributed by atoms with Crippen LogP contribution in [0.4, 0.5) is 5.82 Å². The molecule has 7 nitrogen and oxygen atoms in total. The quantitative estimate of drug-likeness (QED) is 0.607. The molecular weight excluding hydrogens is 340 g/mol. The van der Waals surface area contributed by atoms with Gasteiger partial charge in [-0.1, -0.05) is 29.8 Å². The van der Waals surface area contributed by atoms with Crippen molar-refractivity contribution in [2.24, 2.45) is 7.05 Å². The molecule has 4 aromatic rings. The minimum atomic E-state index is -0.194. The summed E-state index contributed by atoms with van der Waals surface area (Å²) in [4.78, 5) is 16.9. The first kappa shape index (κ1) is 17.0. The number of nitrogens with zero attached hydrogens (tertiary/aromatic N) is 5. The van der Waals surface area contributed by atoms with Gasteiger partial charge in [0.05, 0.1) is 5.69 Å². The van der Waals surface area contributed by atoms with Crippen molar-refractivity contribution in [3.8, 4) is 11.1 Å². The third-order valence-corrected chi connectivity index (χ3v) is 4.45. The molecule has 1 N–H and O–H groups in total. The van der Waals surface area contributed by atoms with Crippen molar-refractivity contribution in [3.63, 3.8) is 0 Å². The van der Waals surface area contributed by atoms with Crippen LogP contribution in [0.25, 0.3) is 22.2 Å². The Kier molecular flexibility index (Phi) is 4.19. The van der Waals surface area contributed by atoms with Crippen molar-refractivity contribution in [1.82, 2.24) is 24.5 Å². The predicted octanol–water partition coefficient (Wildman–Crippen LogP) is 3.09. The number of nitrogens with one attached hydrogen (secondary N) is 1. The Balaban J connectivity index is 1.67. The van der Waals surface area contributed by atoms with Crippen LogP contribution in [0.2, 0.25) is 0 Å². The summed E-state index contributed by atoms with van der Waals surface area (Å²) in [6, 6.07) is 12.1. The molecule has 1 aromatic carbocycles. The van der Waals surface area contributed by atoms with Gasteiger partial charge in [-0.3, -0.25) is 9.48 Å². The van der Waals surface area contributed by atoms with Crippen molar-refractivity contribution in [2.75, 3.05) is 5.32 Å². The summed E-state index contributed by atoms with van der Waals surface area (Å²) in [5.74, 6) is 0.324. The Hall–Kier alpha value is -3.48. The summed E-state index contributed by atoms with van der Waals surface area (Å²) < 4.78 is 3.28. The second-order valence-corrected chi connectivity index (χ2v) is 6.59. The van der Waals surface area contributed by atoms with Crippen LogP contribution in [-0.2, 0) is 18.4 Å². The van der Waals surface area contributed by atoms with E-state index < -0.39 is 0 Å². The first-order chi connectivity index (χ1) is 13.0. The number of anilines is 1. The number of fused-ring (bicyclic) bond motifs is 1. The Bertz CT molecular complexity index is 1120. The van der Waals surface area contributed by atoms with Crippen molar-refractivity contribution in [2.45, 2.75) is 20.4 Å². The second kappa shape index (κ2) is 6.68. The lowest BCUT2D eigenvalue weighted by molar-refractivity contribution is -0.116. The number of pyridine rings is 1. The molecule has 0 aliphatic carbocycles. The molecule has 0 spiro atoms. The number of carbonyl (C=O) groups is 1. The fourth-order valence-corrected chi connectivity index (χ4v) is 3.17. The van der Waals surface area contributed by atoms with E-state index >= 15 is 0 Å². The first-order valence-corrected chi connectivity index (χ1v) is 8.70. The predicted molar refractivity (Wildman–Crippen MR) is 104 cm³/mol. The van der Waals surface area contributed by atoms with Crippen LogP contribution in [0.5, 0.6) is 0 Å². The summed E-state index contributed by atoms with van der Waals surface area (Å²) in [5.41, 5.74) is 4.92. The Labute approximate surface area is 156 Å². The number of hydrogen-bond acceptors (Lipinski definition) is 4. The summed E-state index contributed by atoms with van der Waals surface area (Å²) in [6.07, 6.45) is 3.53. The molecule has 136 valence electrons. The largest absolute Gasteiger partial charge is 0.308 e. The maximum Gasteiger partial charge on any atom is 0.247 e. The third kappa shape index (κ3) is 3.31. The van der Waals surface area contributed by atoms with Gasteiger partial charge in [0.2, 0.25) is 5.91 Å². The molecule has 3 aromatic heterocycles.